The van der Waals surface area contributed by atoms with E-state index in [1.54, 1.807) is 24.3 Å². The molecule has 0 radical (unpaired) electrons. The van der Waals surface area contributed by atoms with Crippen molar-refractivity contribution >= 4 is 21.7 Å². The topological polar surface area (TPSA) is 72.9 Å². The number of anilines is 1. The van der Waals surface area contributed by atoms with Gasteiger partial charge in [-0.15, -0.1) is 0 Å². The number of hydrogen-bond acceptors (Lipinski definition) is 5. The molecule has 0 fully saturated rings. The van der Waals surface area contributed by atoms with Crippen LogP contribution in [0.3, 0.4) is 0 Å². The number of ether oxygens (including phenoxy) is 2. The molecule has 0 amide bonds. The summed E-state index contributed by atoms with van der Waals surface area (Å²) in [6.07, 6.45) is 0.343. The molecule has 7 heteroatoms. The second-order valence-corrected chi connectivity index (χ2v) is 6.40. The molecule has 1 aliphatic rings. The predicted octanol–water partition coefficient (Wildman–Crippen LogP) is 1.17. The highest BCUT2D eigenvalue weighted by Gasteiger charge is 2.27. The Morgan fingerprint density at radius 2 is 2.15 bits per heavy atom. The Kier molecular flexibility index (Phi) is 4.49. The minimum atomic E-state index is -3.46. The van der Waals surface area contributed by atoms with Crippen molar-refractivity contribution < 1.29 is 22.7 Å². The molecule has 2 rings (SSSR count). The van der Waals surface area contributed by atoms with Gasteiger partial charge < -0.3 is 9.47 Å². The van der Waals surface area contributed by atoms with Crippen molar-refractivity contribution in [1.29, 1.82) is 0 Å². The summed E-state index contributed by atoms with van der Waals surface area (Å²) in [6.45, 7) is 0.616. The van der Waals surface area contributed by atoms with Crippen molar-refractivity contribution in [3.8, 4) is 5.75 Å². The van der Waals surface area contributed by atoms with Crippen LogP contribution in [-0.2, 0) is 19.6 Å². The fourth-order valence-electron chi connectivity index (χ4n) is 2.04. The lowest BCUT2D eigenvalue weighted by Gasteiger charge is -2.30. The average molecular weight is 299 g/mol. The third-order valence-corrected chi connectivity index (χ3v) is 4.89. The van der Waals surface area contributed by atoms with Gasteiger partial charge in [-0.1, -0.05) is 12.1 Å². The van der Waals surface area contributed by atoms with E-state index in [0.29, 0.717) is 18.0 Å². The summed E-state index contributed by atoms with van der Waals surface area (Å²) < 4.78 is 36.0. The van der Waals surface area contributed by atoms with Crippen molar-refractivity contribution in [2.45, 2.75) is 12.8 Å². The number of benzene rings is 1. The Hall–Kier alpha value is -1.76. The van der Waals surface area contributed by atoms with Crippen LogP contribution in [0.25, 0.3) is 0 Å². The Labute approximate surface area is 118 Å². The largest absolute Gasteiger partial charge is 0.489 e. The highest BCUT2D eigenvalue weighted by molar-refractivity contribution is 7.92. The third kappa shape index (κ3) is 3.22. The van der Waals surface area contributed by atoms with Crippen LogP contribution in [-0.4, -0.2) is 40.4 Å². The Morgan fingerprint density at radius 3 is 2.90 bits per heavy atom. The lowest BCUT2D eigenvalue weighted by molar-refractivity contribution is -0.140. The molecular formula is C13H17NO5S. The molecule has 20 heavy (non-hydrogen) atoms. The Balaban J connectivity index is 2.09. The standard InChI is InChI=1S/C13H17NO5S/c1-18-13(15)7-4-10-20(16,17)14-8-9-19-12-6-3-2-5-11(12)14/h2-3,5-6H,4,7-10H2,1H3. The first kappa shape index (κ1) is 14.6. The van der Waals surface area contributed by atoms with Crippen molar-refractivity contribution in [2.75, 3.05) is 30.3 Å². The first-order valence-electron chi connectivity index (χ1n) is 6.33. The molecule has 0 aromatic heterocycles. The summed E-state index contributed by atoms with van der Waals surface area (Å²) in [4.78, 5) is 11.0. The number of sulfonamides is 1. The third-order valence-electron chi connectivity index (χ3n) is 3.03. The predicted molar refractivity (Wildman–Crippen MR) is 74.3 cm³/mol. The minimum absolute atomic E-state index is 0.0869. The van der Waals surface area contributed by atoms with Gasteiger partial charge in [0.25, 0.3) is 0 Å². The van der Waals surface area contributed by atoms with E-state index < -0.39 is 16.0 Å². The number of esters is 1. The fraction of sp³-hybridized carbons (Fsp3) is 0.462. The zero-order valence-electron chi connectivity index (χ0n) is 11.2. The first-order chi connectivity index (χ1) is 9.54. The molecule has 1 aliphatic heterocycles. The molecule has 0 saturated heterocycles. The molecule has 1 aromatic rings. The molecule has 0 bridgehead atoms. The van der Waals surface area contributed by atoms with E-state index in [1.807, 2.05) is 0 Å². The van der Waals surface area contributed by atoms with Crippen molar-refractivity contribution in [3.63, 3.8) is 0 Å². The average Bonchev–Trinajstić information content (AvgIpc) is 2.46. The number of carbonyl (C=O) groups is 1. The molecule has 1 aromatic carbocycles. The van der Waals surface area contributed by atoms with E-state index in [-0.39, 0.29) is 25.1 Å². The number of rotatable bonds is 5. The van der Waals surface area contributed by atoms with E-state index in [2.05, 4.69) is 4.74 Å². The summed E-state index contributed by atoms with van der Waals surface area (Å²) in [5, 5.41) is 0. The second-order valence-electron chi connectivity index (χ2n) is 4.38. The van der Waals surface area contributed by atoms with Gasteiger partial charge >= 0.3 is 5.97 Å². The lowest BCUT2D eigenvalue weighted by Crippen LogP contribution is -2.39. The molecule has 0 spiro atoms. The molecule has 0 aliphatic carbocycles. The van der Waals surface area contributed by atoms with E-state index in [4.69, 9.17) is 4.74 Å². The SMILES string of the molecule is COC(=O)CCCS(=O)(=O)N1CCOc2ccccc21. The number of methoxy groups -OCH3 is 1. The van der Waals surface area contributed by atoms with Crippen LogP contribution >= 0.6 is 0 Å². The normalized spacial score (nSPS) is 14.3. The van der Waals surface area contributed by atoms with E-state index in [1.165, 1.54) is 11.4 Å². The van der Waals surface area contributed by atoms with E-state index in [0.717, 1.165) is 0 Å². The molecule has 0 atom stereocenters. The van der Waals surface area contributed by atoms with Crippen LogP contribution in [0, 0.1) is 0 Å². The van der Waals surface area contributed by atoms with Crippen molar-refractivity contribution in [1.82, 2.24) is 0 Å². The molecule has 0 unspecified atom stereocenters. The van der Waals surface area contributed by atoms with E-state index >= 15 is 0 Å². The summed E-state index contributed by atoms with van der Waals surface area (Å²) in [5.74, 6) is 0.0778. The maximum Gasteiger partial charge on any atom is 0.305 e. The first-order valence-corrected chi connectivity index (χ1v) is 7.94. The number of para-hydroxylation sites is 2. The van der Waals surface area contributed by atoms with Gasteiger partial charge in [0.05, 0.1) is 25.1 Å². The summed E-state index contributed by atoms with van der Waals surface area (Å²) >= 11 is 0. The molecule has 1 heterocycles. The van der Waals surface area contributed by atoms with Crippen LogP contribution in [0.1, 0.15) is 12.8 Å². The number of carbonyl (C=O) groups excluding carboxylic acids is 1. The fourth-order valence-corrected chi connectivity index (χ4v) is 3.58. The highest BCUT2D eigenvalue weighted by Crippen LogP contribution is 2.33. The van der Waals surface area contributed by atoms with Gasteiger partial charge in [0.1, 0.15) is 12.4 Å². The Bertz CT molecular complexity index is 584. The van der Waals surface area contributed by atoms with Crippen LogP contribution in [0.15, 0.2) is 24.3 Å². The van der Waals surface area contributed by atoms with Crippen molar-refractivity contribution in [2.24, 2.45) is 0 Å². The summed E-state index contributed by atoms with van der Waals surface area (Å²) in [6, 6.07) is 7.02. The summed E-state index contributed by atoms with van der Waals surface area (Å²) in [7, 11) is -2.17. The van der Waals surface area contributed by atoms with E-state index in [9.17, 15) is 13.2 Å². The van der Waals surface area contributed by atoms with Gasteiger partial charge in [-0.3, -0.25) is 9.10 Å². The van der Waals surface area contributed by atoms with Crippen LogP contribution in [0.4, 0.5) is 5.69 Å². The van der Waals surface area contributed by atoms with Gasteiger partial charge in [-0.25, -0.2) is 8.42 Å². The maximum absolute atomic E-state index is 12.3. The number of fused-ring (bicyclic) bond motifs is 1. The molecular weight excluding hydrogens is 282 g/mol. The van der Waals surface area contributed by atoms with Crippen molar-refractivity contribution in [3.05, 3.63) is 24.3 Å². The minimum Gasteiger partial charge on any atom is -0.489 e. The maximum atomic E-state index is 12.3. The highest BCUT2D eigenvalue weighted by atomic mass is 32.2. The molecule has 110 valence electrons. The Morgan fingerprint density at radius 1 is 1.40 bits per heavy atom. The monoisotopic (exact) mass is 299 g/mol. The van der Waals surface area contributed by atoms with Gasteiger partial charge in [0, 0.05) is 6.42 Å². The van der Waals surface area contributed by atoms with Crippen LogP contribution in [0.5, 0.6) is 5.75 Å². The van der Waals surface area contributed by atoms with Gasteiger partial charge in [0.2, 0.25) is 10.0 Å². The quantitative estimate of drug-likeness (QED) is 0.763. The molecule has 6 nitrogen and oxygen atoms in total. The van der Waals surface area contributed by atoms with Gasteiger partial charge in [-0.05, 0) is 18.6 Å². The molecule has 0 saturated carbocycles. The van der Waals surface area contributed by atoms with Gasteiger partial charge in [0.15, 0.2) is 0 Å². The van der Waals surface area contributed by atoms with Crippen LogP contribution < -0.4 is 9.04 Å². The van der Waals surface area contributed by atoms with Gasteiger partial charge in [-0.2, -0.15) is 0 Å². The zero-order chi connectivity index (χ0) is 14.6. The summed E-state index contributed by atoms with van der Waals surface area (Å²) in [5.41, 5.74) is 0.553. The second kappa shape index (κ2) is 6.13. The zero-order valence-corrected chi connectivity index (χ0v) is 12.1. The number of nitrogens with zero attached hydrogens (tertiary/aromatic N) is 1. The molecule has 0 N–H and O–H groups in total. The lowest BCUT2D eigenvalue weighted by atomic mass is 10.2. The van der Waals surface area contributed by atoms with Crippen LogP contribution in [0.2, 0.25) is 0 Å². The number of hydrogen-bond donors (Lipinski definition) is 0. The smallest absolute Gasteiger partial charge is 0.305 e.